The summed E-state index contributed by atoms with van der Waals surface area (Å²) in [5, 5.41) is 19.1. The second-order valence-electron chi connectivity index (χ2n) is 7.97. The zero-order chi connectivity index (χ0) is 21.0. The number of amides is 1. The normalized spacial score (nSPS) is 19.3. The van der Waals surface area contributed by atoms with Crippen LogP contribution >= 0.6 is 23.1 Å². The molecule has 10 heteroatoms. The number of rotatable bonds is 8. The number of anilines is 1. The second kappa shape index (κ2) is 9.54. The molecule has 1 aliphatic carbocycles. The Labute approximate surface area is 189 Å². The van der Waals surface area contributed by atoms with E-state index >= 15 is 0 Å². The fraction of sp³-hybridized carbons (Fsp3) is 0.524. The second-order valence-corrected chi connectivity index (χ2v) is 9.86. The Hall–Kier alpha value is -2.17. The smallest absolute Gasteiger partial charge is 0.235 e. The predicted molar refractivity (Wildman–Crippen MR) is 121 cm³/mol. The molecule has 2 aliphatic rings. The van der Waals surface area contributed by atoms with Crippen molar-refractivity contribution in [2.75, 3.05) is 17.7 Å². The maximum Gasteiger partial charge on any atom is 0.235 e. The zero-order valence-electron chi connectivity index (χ0n) is 17.3. The van der Waals surface area contributed by atoms with Crippen LogP contribution in [-0.2, 0) is 16.1 Å². The van der Waals surface area contributed by atoms with Crippen LogP contribution in [0, 0.1) is 0 Å². The number of ether oxygens (including phenoxy) is 1. The summed E-state index contributed by atoms with van der Waals surface area (Å²) >= 11 is 3.05. The van der Waals surface area contributed by atoms with Crippen LogP contribution in [-0.4, -0.2) is 48.9 Å². The summed E-state index contributed by atoms with van der Waals surface area (Å²) in [5.41, 5.74) is 0. The molecule has 8 nitrogen and oxygen atoms in total. The minimum atomic E-state index is -0.0610. The highest BCUT2D eigenvalue weighted by atomic mass is 32.2. The van der Waals surface area contributed by atoms with E-state index in [-0.39, 0.29) is 17.8 Å². The van der Waals surface area contributed by atoms with E-state index in [1.165, 1.54) is 24.6 Å². The van der Waals surface area contributed by atoms with Crippen molar-refractivity contribution in [2.24, 2.45) is 0 Å². The van der Waals surface area contributed by atoms with E-state index in [0.29, 0.717) is 12.6 Å². The van der Waals surface area contributed by atoms with Crippen molar-refractivity contribution in [2.45, 2.75) is 62.4 Å². The van der Waals surface area contributed by atoms with Crippen LogP contribution < -0.4 is 5.32 Å². The molecular formula is C21H26N6O2S2. The topological polar surface area (TPSA) is 86.9 Å². The molecule has 0 aromatic carbocycles. The first kappa shape index (κ1) is 20.7. The highest BCUT2D eigenvalue weighted by Crippen LogP contribution is 2.32. The lowest BCUT2D eigenvalue weighted by atomic mass is 10.2. The number of thiophene rings is 1. The number of carbonyl (C=O) groups is 1. The molecule has 0 spiro atoms. The van der Waals surface area contributed by atoms with Gasteiger partial charge in [-0.3, -0.25) is 9.36 Å². The lowest BCUT2D eigenvalue weighted by Crippen LogP contribution is -2.20. The van der Waals surface area contributed by atoms with Gasteiger partial charge in [-0.05, 0) is 37.1 Å². The Morgan fingerprint density at radius 3 is 2.90 bits per heavy atom. The maximum atomic E-state index is 12.7. The van der Waals surface area contributed by atoms with Gasteiger partial charge in [0.15, 0.2) is 11.0 Å². The molecule has 1 amide bonds. The molecule has 2 fully saturated rings. The fourth-order valence-corrected chi connectivity index (χ4v) is 5.77. The molecule has 4 heterocycles. The average Bonchev–Trinajstić information content (AvgIpc) is 3.59. The summed E-state index contributed by atoms with van der Waals surface area (Å²) in [4.78, 5) is 13.8. The highest BCUT2D eigenvalue weighted by molar-refractivity contribution is 7.99. The first-order chi connectivity index (χ1) is 15.3. The van der Waals surface area contributed by atoms with Gasteiger partial charge in [0.1, 0.15) is 5.82 Å². The zero-order valence-corrected chi connectivity index (χ0v) is 18.9. The van der Waals surface area contributed by atoms with Gasteiger partial charge in [0.25, 0.3) is 0 Å². The van der Waals surface area contributed by atoms with Crippen LogP contribution in [0.15, 0.2) is 34.9 Å². The van der Waals surface area contributed by atoms with Crippen LogP contribution in [0.4, 0.5) is 5.82 Å². The minimum absolute atomic E-state index is 0.0610. The van der Waals surface area contributed by atoms with E-state index in [2.05, 4.69) is 25.2 Å². The summed E-state index contributed by atoms with van der Waals surface area (Å²) in [5.74, 6) is 1.82. The summed E-state index contributed by atoms with van der Waals surface area (Å²) in [6.45, 7) is 1.51. The van der Waals surface area contributed by atoms with Gasteiger partial charge >= 0.3 is 0 Å². The number of nitrogens with zero attached hydrogens (tertiary/aromatic N) is 5. The van der Waals surface area contributed by atoms with Crippen LogP contribution in [0.3, 0.4) is 0 Å². The van der Waals surface area contributed by atoms with E-state index in [1.807, 2.05) is 28.3 Å². The number of hydrogen-bond acceptors (Lipinski definition) is 7. The third kappa shape index (κ3) is 4.70. The fourth-order valence-electron chi connectivity index (χ4n) is 4.30. The number of thioether (sulfide) groups is 1. The molecule has 31 heavy (non-hydrogen) atoms. The SMILES string of the molecule is O=C(CSc1nnc(-c2cccs2)n1C[C@H]1CCCO1)Nc1ccnn1C1CCCC1. The Bertz CT molecular complexity index is 1000. The van der Waals surface area contributed by atoms with Crippen LogP contribution in [0.5, 0.6) is 0 Å². The largest absolute Gasteiger partial charge is 0.376 e. The van der Waals surface area contributed by atoms with Crippen molar-refractivity contribution in [3.8, 4) is 10.7 Å². The van der Waals surface area contributed by atoms with Crippen molar-refractivity contribution < 1.29 is 9.53 Å². The van der Waals surface area contributed by atoms with Gasteiger partial charge in [0.2, 0.25) is 5.91 Å². The molecule has 0 unspecified atom stereocenters. The number of carbonyl (C=O) groups excluding carboxylic acids is 1. The molecule has 1 saturated heterocycles. The third-order valence-corrected chi connectivity index (χ3v) is 7.64. The number of nitrogens with one attached hydrogen (secondary N) is 1. The first-order valence-corrected chi connectivity index (χ1v) is 12.7. The van der Waals surface area contributed by atoms with Crippen molar-refractivity contribution in [1.29, 1.82) is 0 Å². The average molecular weight is 459 g/mol. The number of hydrogen-bond donors (Lipinski definition) is 1. The van der Waals surface area contributed by atoms with Crippen molar-refractivity contribution in [3.63, 3.8) is 0 Å². The Morgan fingerprint density at radius 1 is 1.23 bits per heavy atom. The van der Waals surface area contributed by atoms with Gasteiger partial charge in [-0.2, -0.15) is 5.10 Å². The lowest BCUT2D eigenvalue weighted by molar-refractivity contribution is -0.113. The molecule has 1 atom stereocenters. The molecule has 3 aromatic rings. The van der Waals surface area contributed by atoms with Crippen LogP contribution in [0.25, 0.3) is 10.7 Å². The molecule has 0 bridgehead atoms. The summed E-state index contributed by atoms with van der Waals surface area (Å²) in [6.07, 6.45) is 8.74. The van der Waals surface area contributed by atoms with Gasteiger partial charge < -0.3 is 10.1 Å². The quantitative estimate of drug-likeness (QED) is 0.509. The van der Waals surface area contributed by atoms with Gasteiger partial charge in [-0.25, -0.2) is 4.68 Å². The Balaban J connectivity index is 1.26. The number of aromatic nitrogens is 5. The molecule has 3 aromatic heterocycles. The van der Waals surface area contributed by atoms with Crippen molar-refractivity contribution in [1.82, 2.24) is 24.5 Å². The first-order valence-electron chi connectivity index (χ1n) is 10.8. The minimum Gasteiger partial charge on any atom is -0.376 e. The highest BCUT2D eigenvalue weighted by Gasteiger charge is 2.23. The van der Waals surface area contributed by atoms with Crippen LogP contribution in [0.2, 0.25) is 0 Å². The van der Waals surface area contributed by atoms with Crippen LogP contribution in [0.1, 0.15) is 44.6 Å². The molecule has 0 radical (unpaired) electrons. The van der Waals surface area contributed by atoms with E-state index in [9.17, 15) is 4.79 Å². The summed E-state index contributed by atoms with van der Waals surface area (Å²) in [6, 6.07) is 6.32. The summed E-state index contributed by atoms with van der Waals surface area (Å²) in [7, 11) is 0. The van der Waals surface area contributed by atoms with E-state index < -0.39 is 0 Å². The standard InChI is InChI=1S/C21H26N6O2S2/c28-19(23-18-9-10-22-27(18)15-5-1-2-6-15)14-31-21-25-24-20(17-8-4-12-30-17)26(21)13-16-7-3-11-29-16/h4,8-10,12,15-16H,1-3,5-7,11,13-14H2,(H,23,28)/t16-/m1/s1. The molecule has 164 valence electrons. The molecular weight excluding hydrogens is 432 g/mol. The van der Waals surface area contributed by atoms with Crippen molar-refractivity contribution >= 4 is 34.8 Å². The Morgan fingerprint density at radius 2 is 2.13 bits per heavy atom. The van der Waals surface area contributed by atoms with Gasteiger partial charge in [-0.1, -0.05) is 30.7 Å². The Kier molecular flexibility index (Phi) is 6.37. The monoisotopic (exact) mass is 458 g/mol. The van der Waals surface area contributed by atoms with Gasteiger partial charge in [0, 0.05) is 12.7 Å². The van der Waals surface area contributed by atoms with E-state index in [0.717, 1.165) is 54.0 Å². The van der Waals surface area contributed by atoms with E-state index in [1.54, 1.807) is 17.5 Å². The van der Waals surface area contributed by atoms with Crippen molar-refractivity contribution in [3.05, 3.63) is 29.8 Å². The maximum absolute atomic E-state index is 12.7. The van der Waals surface area contributed by atoms with Gasteiger partial charge in [0.05, 0.1) is 35.5 Å². The predicted octanol–water partition coefficient (Wildman–Crippen LogP) is 4.23. The molecule has 1 saturated carbocycles. The molecule has 1 aliphatic heterocycles. The summed E-state index contributed by atoms with van der Waals surface area (Å²) < 4.78 is 9.90. The van der Waals surface area contributed by atoms with E-state index in [4.69, 9.17) is 4.74 Å². The molecule has 1 N–H and O–H groups in total. The lowest BCUT2D eigenvalue weighted by Gasteiger charge is -2.15. The van der Waals surface area contributed by atoms with Gasteiger partial charge in [-0.15, -0.1) is 21.5 Å². The molecule has 5 rings (SSSR count). The third-order valence-electron chi connectivity index (χ3n) is 5.81.